The molecule has 0 aliphatic carbocycles. The van der Waals surface area contributed by atoms with Crippen molar-refractivity contribution in [2.24, 2.45) is 0 Å². The molecule has 1 aromatic carbocycles. The number of nitrogens with zero attached hydrogens (tertiary/aromatic N) is 1. The second-order valence-corrected chi connectivity index (χ2v) is 4.66. The molecular formula is C14H21FN2. The van der Waals surface area contributed by atoms with E-state index in [4.69, 9.17) is 0 Å². The maximum atomic E-state index is 12.9. The number of piperidine rings is 1. The molecule has 1 aromatic rings. The highest BCUT2D eigenvalue weighted by Gasteiger charge is 2.15. The van der Waals surface area contributed by atoms with Crippen molar-refractivity contribution >= 4 is 5.69 Å². The normalized spacial score (nSPS) is 20.2. The molecule has 3 heteroatoms. The van der Waals surface area contributed by atoms with Gasteiger partial charge in [-0.15, -0.1) is 0 Å². The SMILES string of the molecule is CCN(C[C@@H]1CCCCN1)c1ccc(F)cc1. The maximum Gasteiger partial charge on any atom is 0.123 e. The second-order valence-electron chi connectivity index (χ2n) is 4.66. The van der Waals surface area contributed by atoms with Crippen molar-refractivity contribution in [1.82, 2.24) is 5.32 Å². The summed E-state index contributed by atoms with van der Waals surface area (Å²) in [7, 11) is 0. The Hall–Kier alpha value is -1.09. The van der Waals surface area contributed by atoms with Gasteiger partial charge in [-0.2, -0.15) is 0 Å². The Kier molecular flexibility index (Phi) is 4.37. The summed E-state index contributed by atoms with van der Waals surface area (Å²) >= 11 is 0. The van der Waals surface area contributed by atoms with Crippen LogP contribution in [0.15, 0.2) is 24.3 Å². The van der Waals surface area contributed by atoms with E-state index in [1.54, 1.807) is 0 Å². The molecule has 1 atom stereocenters. The number of benzene rings is 1. The maximum absolute atomic E-state index is 12.9. The quantitative estimate of drug-likeness (QED) is 0.864. The standard InChI is InChI=1S/C14H21FN2/c1-2-17(11-13-5-3-4-10-16-13)14-8-6-12(15)7-9-14/h6-9,13,16H,2-5,10-11H2,1H3/t13-/m0/s1. The molecule has 1 aliphatic heterocycles. The lowest BCUT2D eigenvalue weighted by Crippen LogP contribution is -2.43. The summed E-state index contributed by atoms with van der Waals surface area (Å²) in [4.78, 5) is 2.31. The number of rotatable bonds is 4. The predicted molar refractivity (Wildman–Crippen MR) is 69.9 cm³/mol. The van der Waals surface area contributed by atoms with E-state index in [9.17, 15) is 4.39 Å². The third kappa shape index (κ3) is 3.43. The Morgan fingerprint density at radius 3 is 2.65 bits per heavy atom. The number of anilines is 1. The summed E-state index contributed by atoms with van der Waals surface area (Å²) in [6, 6.07) is 7.37. The number of nitrogens with one attached hydrogen (secondary N) is 1. The van der Waals surface area contributed by atoms with Gasteiger partial charge in [0.15, 0.2) is 0 Å². The molecule has 0 amide bonds. The fraction of sp³-hybridized carbons (Fsp3) is 0.571. The lowest BCUT2D eigenvalue weighted by atomic mass is 10.0. The van der Waals surface area contributed by atoms with Gasteiger partial charge in [0.2, 0.25) is 0 Å². The fourth-order valence-corrected chi connectivity index (χ4v) is 2.41. The highest BCUT2D eigenvalue weighted by atomic mass is 19.1. The van der Waals surface area contributed by atoms with E-state index < -0.39 is 0 Å². The molecule has 0 unspecified atom stereocenters. The van der Waals surface area contributed by atoms with Gasteiger partial charge in [-0.05, 0) is 50.6 Å². The second kappa shape index (κ2) is 6.01. The van der Waals surface area contributed by atoms with Gasteiger partial charge in [0.25, 0.3) is 0 Å². The van der Waals surface area contributed by atoms with Crippen LogP contribution in [0.1, 0.15) is 26.2 Å². The molecule has 0 spiro atoms. The van der Waals surface area contributed by atoms with Crippen LogP contribution < -0.4 is 10.2 Å². The summed E-state index contributed by atoms with van der Waals surface area (Å²) in [6.07, 6.45) is 3.86. The average Bonchev–Trinajstić information content (AvgIpc) is 2.38. The first-order valence-corrected chi connectivity index (χ1v) is 6.53. The minimum atomic E-state index is -0.166. The summed E-state index contributed by atoms with van der Waals surface area (Å²) in [5.41, 5.74) is 1.11. The van der Waals surface area contributed by atoms with E-state index >= 15 is 0 Å². The molecule has 1 saturated heterocycles. The Labute approximate surface area is 103 Å². The summed E-state index contributed by atoms with van der Waals surface area (Å²) < 4.78 is 12.9. The van der Waals surface area contributed by atoms with Crippen LogP contribution in [-0.4, -0.2) is 25.7 Å². The van der Waals surface area contributed by atoms with Gasteiger partial charge in [-0.1, -0.05) is 6.42 Å². The molecule has 17 heavy (non-hydrogen) atoms. The molecule has 0 bridgehead atoms. The molecule has 1 fully saturated rings. The van der Waals surface area contributed by atoms with E-state index in [-0.39, 0.29) is 5.82 Å². The highest BCUT2D eigenvalue weighted by Crippen LogP contribution is 2.17. The summed E-state index contributed by atoms with van der Waals surface area (Å²) in [5.74, 6) is -0.166. The lowest BCUT2D eigenvalue weighted by molar-refractivity contribution is 0.400. The van der Waals surface area contributed by atoms with Crippen LogP contribution in [0.25, 0.3) is 0 Å². The van der Waals surface area contributed by atoms with Crippen LogP contribution in [0, 0.1) is 5.82 Å². The Morgan fingerprint density at radius 2 is 2.06 bits per heavy atom. The van der Waals surface area contributed by atoms with Crippen molar-refractivity contribution in [3.8, 4) is 0 Å². The van der Waals surface area contributed by atoms with Crippen molar-refractivity contribution < 1.29 is 4.39 Å². The van der Waals surface area contributed by atoms with Gasteiger partial charge >= 0.3 is 0 Å². The van der Waals surface area contributed by atoms with Crippen LogP contribution in [0.4, 0.5) is 10.1 Å². The third-order valence-electron chi connectivity index (χ3n) is 3.43. The number of hydrogen-bond donors (Lipinski definition) is 1. The van der Waals surface area contributed by atoms with Crippen molar-refractivity contribution in [2.45, 2.75) is 32.2 Å². The van der Waals surface area contributed by atoms with Crippen LogP contribution in [0.2, 0.25) is 0 Å². The molecule has 1 heterocycles. The molecule has 0 radical (unpaired) electrons. The number of hydrogen-bond acceptors (Lipinski definition) is 2. The van der Waals surface area contributed by atoms with Crippen LogP contribution in [0.5, 0.6) is 0 Å². The summed E-state index contributed by atoms with van der Waals surface area (Å²) in [6.45, 7) is 5.25. The zero-order valence-electron chi connectivity index (χ0n) is 10.5. The Balaban J connectivity index is 1.97. The Morgan fingerprint density at radius 1 is 1.29 bits per heavy atom. The molecule has 1 aliphatic rings. The Bertz CT molecular complexity index is 331. The molecule has 2 nitrogen and oxygen atoms in total. The molecule has 94 valence electrons. The summed E-state index contributed by atoms with van der Waals surface area (Å²) in [5, 5.41) is 3.55. The smallest absolute Gasteiger partial charge is 0.123 e. The first kappa shape index (κ1) is 12.4. The van der Waals surface area contributed by atoms with Gasteiger partial charge in [0.1, 0.15) is 5.82 Å². The number of likely N-dealkylation sites (N-methyl/N-ethyl adjacent to an activating group) is 1. The topological polar surface area (TPSA) is 15.3 Å². The largest absolute Gasteiger partial charge is 0.370 e. The van der Waals surface area contributed by atoms with E-state index in [1.165, 1.54) is 31.4 Å². The number of halogens is 1. The highest BCUT2D eigenvalue weighted by molar-refractivity contribution is 5.46. The zero-order valence-corrected chi connectivity index (χ0v) is 10.5. The minimum Gasteiger partial charge on any atom is -0.370 e. The monoisotopic (exact) mass is 236 g/mol. The first-order chi connectivity index (χ1) is 8.29. The van der Waals surface area contributed by atoms with Crippen molar-refractivity contribution in [3.63, 3.8) is 0 Å². The molecule has 0 aromatic heterocycles. The van der Waals surface area contributed by atoms with Crippen molar-refractivity contribution in [3.05, 3.63) is 30.1 Å². The minimum absolute atomic E-state index is 0.166. The van der Waals surface area contributed by atoms with Crippen molar-refractivity contribution in [2.75, 3.05) is 24.5 Å². The van der Waals surface area contributed by atoms with Crippen LogP contribution in [-0.2, 0) is 0 Å². The third-order valence-corrected chi connectivity index (χ3v) is 3.43. The molecule has 1 N–H and O–H groups in total. The van der Waals surface area contributed by atoms with E-state index in [0.717, 1.165) is 25.3 Å². The predicted octanol–water partition coefficient (Wildman–Crippen LogP) is 2.79. The fourth-order valence-electron chi connectivity index (χ4n) is 2.41. The van der Waals surface area contributed by atoms with E-state index in [2.05, 4.69) is 17.1 Å². The van der Waals surface area contributed by atoms with E-state index in [0.29, 0.717) is 6.04 Å². The lowest BCUT2D eigenvalue weighted by Gasteiger charge is -2.31. The van der Waals surface area contributed by atoms with Gasteiger partial charge in [0.05, 0.1) is 0 Å². The van der Waals surface area contributed by atoms with Gasteiger partial charge in [0, 0.05) is 24.8 Å². The first-order valence-electron chi connectivity index (χ1n) is 6.53. The van der Waals surface area contributed by atoms with Gasteiger partial charge in [-0.3, -0.25) is 0 Å². The van der Waals surface area contributed by atoms with Gasteiger partial charge < -0.3 is 10.2 Å². The zero-order chi connectivity index (χ0) is 12.1. The van der Waals surface area contributed by atoms with Crippen molar-refractivity contribution in [1.29, 1.82) is 0 Å². The molecule has 0 saturated carbocycles. The van der Waals surface area contributed by atoms with E-state index in [1.807, 2.05) is 12.1 Å². The van der Waals surface area contributed by atoms with Crippen LogP contribution in [0.3, 0.4) is 0 Å². The molecule has 2 rings (SSSR count). The van der Waals surface area contributed by atoms with Gasteiger partial charge in [-0.25, -0.2) is 4.39 Å². The molecular weight excluding hydrogens is 215 g/mol. The average molecular weight is 236 g/mol. The van der Waals surface area contributed by atoms with Crippen LogP contribution >= 0.6 is 0 Å².